The maximum absolute atomic E-state index is 14.1. The second-order valence-electron chi connectivity index (χ2n) is 13.1. The third kappa shape index (κ3) is 10.8. The lowest BCUT2D eigenvalue weighted by Crippen LogP contribution is -2.42. The number of carbonyl (C=O) groups excluding carboxylic acids is 2. The summed E-state index contributed by atoms with van der Waals surface area (Å²) in [5.41, 5.74) is 3.29. The predicted molar refractivity (Wildman–Crippen MR) is 169 cm³/mol. The van der Waals surface area contributed by atoms with Crippen LogP contribution >= 0.6 is 0 Å². The molecule has 0 aliphatic heterocycles. The normalized spacial score (nSPS) is 13.5. The molecule has 228 valence electrons. The highest BCUT2D eigenvalue weighted by atomic mass is 28.3. The Morgan fingerprint density at radius 2 is 1.57 bits per heavy atom. The summed E-state index contributed by atoms with van der Waals surface area (Å²) >= 11 is 0. The van der Waals surface area contributed by atoms with Crippen LogP contribution in [0.4, 0.5) is 10.5 Å². The van der Waals surface area contributed by atoms with Crippen LogP contribution in [0.1, 0.15) is 71.1 Å². The number of hydrogen-bond acceptors (Lipinski definition) is 6. The Morgan fingerprint density at radius 1 is 0.929 bits per heavy atom. The van der Waals surface area contributed by atoms with E-state index in [2.05, 4.69) is 55.5 Å². The van der Waals surface area contributed by atoms with Crippen LogP contribution in [0.25, 0.3) is 0 Å². The van der Waals surface area contributed by atoms with E-state index in [4.69, 9.17) is 13.8 Å². The molecule has 8 nitrogen and oxygen atoms in total. The third-order valence-corrected chi connectivity index (χ3v) is 7.36. The minimum absolute atomic E-state index is 0.0343. The molecular weight excluding hydrogens is 546 g/mol. The lowest BCUT2D eigenvalue weighted by Gasteiger charge is -2.29. The van der Waals surface area contributed by atoms with Gasteiger partial charge in [-0.05, 0) is 81.7 Å². The zero-order valence-electron chi connectivity index (χ0n) is 26.3. The minimum Gasteiger partial charge on any atom is -0.444 e. The average molecular weight is 594 g/mol. The molecule has 0 spiro atoms. The molecule has 1 heterocycles. The number of hydroxylamine groups is 1. The van der Waals surface area contributed by atoms with Gasteiger partial charge in [0.2, 0.25) is 9.04 Å². The summed E-state index contributed by atoms with van der Waals surface area (Å²) in [6.45, 7) is 16.1. The van der Waals surface area contributed by atoms with Gasteiger partial charge in [0.25, 0.3) is 5.91 Å². The van der Waals surface area contributed by atoms with Gasteiger partial charge in [-0.2, -0.15) is 5.06 Å². The van der Waals surface area contributed by atoms with Gasteiger partial charge in [0, 0.05) is 12.0 Å². The number of carbonyl (C=O) groups is 2. The zero-order valence-corrected chi connectivity index (χ0v) is 27.5. The molecule has 0 fully saturated rings. The number of nitrogens with zero attached hydrogens (tertiary/aromatic N) is 2. The first-order valence-corrected chi connectivity index (χ1v) is 17.5. The summed E-state index contributed by atoms with van der Waals surface area (Å²) in [7, 11) is -1.65. The lowest BCUT2D eigenvalue weighted by molar-refractivity contribution is -0.127. The van der Waals surface area contributed by atoms with Crippen LogP contribution in [-0.4, -0.2) is 37.8 Å². The van der Waals surface area contributed by atoms with Crippen molar-refractivity contribution >= 4 is 26.7 Å². The number of aromatic nitrogens is 1. The molecule has 2 amide bonds. The van der Waals surface area contributed by atoms with Crippen LogP contribution < -0.4 is 10.4 Å². The Bertz CT molecular complexity index is 1250. The van der Waals surface area contributed by atoms with Crippen LogP contribution in [0.3, 0.4) is 0 Å². The number of ether oxygens (including phenoxy) is 1. The second kappa shape index (κ2) is 14.6. The van der Waals surface area contributed by atoms with Crippen molar-refractivity contribution in [1.29, 1.82) is 0 Å². The van der Waals surface area contributed by atoms with Crippen molar-refractivity contribution in [2.24, 2.45) is 5.92 Å². The van der Waals surface area contributed by atoms with E-state index in [1.54, 1.807) is 0 Å². The van der Waals surface area contributed by atoms with Crippen LogP contribution in [0.15, 0.2) is 71.6 Å². The van der Waals surface area contributed by atoms with Crippen LogP contribution in [0, 0.1) is 5.92 Å². The summed E-state index contributed by atoms with van der Waals surface area (Å²) in [6.07, 6.45) is 4.69. The molecular formula is C33H47N3O5Si. The van der Waals surface area contributed by atoms with Crippen LogP contribution in [0.5, 0.6) is 0 Å². The van der Waals surface area contributed by atoms with E-state index >= 15 is 0 Å². The number of rotatable bonds is 12. The molecule has 0 bridgehead atoms. The first-order chi connectivity index (χ1) is 19.7. The van der Waals surface area contributed by atoms with E-state index in [1.807, 2.05) is 64.2 Å². The molecule has 0 aliphatic carbocycles. The zero-order chi connectivity index (χ0) is 30.9. The van der Waals surface area contributed by atoms with Crippen LogP contribution in [0.2, 0.25) is 13.1 Å². The topological polar surface area (TPSA) is 93.9 Å². The van der Waals surface area contributed by atoms with E-state index in [1.165, 1.54) is 23.1 Å². The first-order valence-electron chi connectivity index (χ1n) is 14.7. The summed E-state index contributed by atoms with van der Waals surface area (Å²) in [6, 6.07) is 18.3. The Hall–Kier alpha value is -3.43. The molecule has 0 saturated carbocycles. The average Bonchev–Trinajstić information content (AvgIpc) is 3.43. The van der Waals surface area contributed by atoms with Gasteiger partial charge in [-0.1, -0.05) is 80.5 Å². The van der Waals surface area contributed by atoms with Gasteiger partial charge in [0.05, 0.1) is 6.20 Å². The van der Waals surface area contributed by atoms with E-state index in [-0.39, 0.29) is 17.4 Å². The molecule has 1 aromatic heterocycles. The number of amides is 2. The molecule has 0 aliphatic rings. The second-order valence-corrected chi connectivity index (χ2v) is 15.4. The highest BCUT2D eigenvalue weighted by molar-refractivity contribution is 6.48. The molecule has 9 heteroatoms. The molecule has 42 heavy (non-hydrogen) atoms. The van der Waals surface area contributed by atoms with Gasteiger partial charge in [0.15, 0.2) is 0 Å². The highest BCUT2D eigenvalue weighted by Gasteiger charge is 2.30. The van der Waals surface area contributed by atoms with E-state index in [0.717, 1.165) is 11.1 Å². The summed E-state index contributed by atoms with van der Waals surface area (Å²) < 4.78 is 16.7. The monoisotopic (exact) mass is 593 g/mol. The molecule has 0 radical (unpaired) electrons. The first kappa shape index (κ1) is 33.1. The number of nitrogens with one attached hydrogen (secondary N) is 1. The van der Waals surface area contributed by atoms with E-state index < -0.39 is 26.7 Å². The van der Waals surface area contributed by atoms with Crippen molar-refractivity contribution in [3.63, 3.8) is 0 Å². The van der Waals surface area contributed by atoms with E-state index in [0.29, 0.717) is 31.4 Å². The fourth-order valence-corrected chi connectivity index (χ4v) is 5.30. The quantitative estimate of drug-likeness (QED) is 0.180. The van der Waals surface area contributed by atoms with Crippen molar-refractivity contribution in [1.82, 2.24) is 10.5 Å². The Morgan fingerprint density at radius 3 is 2.12 bits per heavy atom. The molecule has 3 aromatic rings. The molecule has 2 atom stereocenters. The van der Waals surface area contributed by atoms with Crippen molar-refractivity contribution in [3.8, 4) is 0 Å². The van der Waals surface area contributed by atoms with Gasteiger partial charge in [-0.15, -0.1) is 0 Å². The highest BCUT2D eigenvalue weighted by Crippen LogP contribution is 2.27. The Kier molecular flexibility index (Phi) is 11.5. The summed E-state index contributed by atoms with van der Waals surface area (Å²) in [4.78, 5) is 26.9. The SMILES string of the molecule is C[SiH](C)ON(C(=O)[C@H](CC[C@@H](Cc1ccccc1)NC(=O)OC(C)(C)C)Cc1ccc(C(C)(C)C)cc1)c1cnoc1. The molecule has 0 saturated heterocycles. The van der Waals surface area contributed by atoms with Gasteiger partial charge in [-0.3, -0.25) is 4.79 Å². The fourth-order valence-electron chi connectivity index (χ4n) is 4.65. The van der Waals surface area contributed by atoms with Crippen molar-refractivity contribution in [2.75, 3.05) is 5.06 Å². The number of alkyl carbamates (subject to hydrolysis) is 1. The number of anilines is 1. The molecule has 2 aromatic carbocycles. The lowest BCUT2D eigenvalue weighted by atomic mass is 9.85. The number of hydrogen-bond donors (Lipinski definition) is 1. The van der Waals surface area contributed by atoms with Gasteiger partial charge in [-0.25, -0.2) is 4.79 Å². The maximum Gasteiger partial charge on any atom is 0.407 e. The fraction of sp³-hybridized carbons (Fsp3) is 0.485. The van der Waals surface area contributed by atoms with Crippen molar-refractivity contribution < 1.29 is 23.4 Å². The van der Waals surface area contributed by atoms with Crippen LogP contribution in [-0.2, 0) is 32.3 Å². The maximum atomic E-state index is 14.1. The molecule has 1 N–H and O–H groups in total. The minimum atomic E-state index is -1.65. The largest absolute Gasteiger partial charge is 0.444 e. The number of benzene rings is 2. The Balaban J connectivity index is 1.88. The third-order valence-electron chi connectivity index (χ3n) is 6.73. The predicted octanol–water partition coefficient (Wildman–Crippen LogP) is 7.00. The Labute approximate surface area is 252 Å². The van der Waals surface area contributed by atoms with Gasteiger partial charge >= 0.3 is 6.09 Å². The molecule has 3 rings (SSSR count). The summed E-state index contributed by atoms with van der Waals surface area (Å²) in [5, 5.41) is 8.21. The molecule has 0 unspecified atom stereocenters. The van der Waals surface area contributed by atoms with Crippen molar-refractivity contribution in [2.45, 2.75) is 97.4 Å². The van der Waals surface area contributed by atoms with Gasteiger partial charge < -0.3 is 19.1 Å². The van der Waals surface area contributed by atoms with Gasteiger partial charge in [0.1, 0.15) is 17.6 Å². The summed E-state index contributed by atoms with van der Waals surface area (Å²) in [5.74, 6) is -0.568. The van der Waals surface area contributed by atoms with E-state index in [9.17, 15) is 9.59 Å². The smallest absolute Gasteiger partial charge is 0.407 e. The standard InChI is InChI=1S/C33H47N3O5Si/c1-32(2,3)27-17-14-25(15-18-27)20-26(30(37)36(41-42(7)8)29-22-34-39-23-29)16-19-28(21-24-12-10-9-11-13-24)35-31(38)40-33(4,5)6/h9-15,17-18,22-23,26,28,42H,16,19-21H2,1-8H3,(H,35,38)/t26-,28+/m1/s1. The van der Waals surface area contributed by atoms with Crippen molar-refractivity contribution in [3.05, 3.63) is 83.7 Å².